The topological polar surface area (TPSA) is 120 Å². The molecule has 0 saturated carbocycles. The van der Waals surface area contributed by atoms with Crippen LogP contribution in [0.1, 0.15) is 13.3 Å². The quantitative estimate of drug-likeness (QED) is 0.269. The molecule has 38 heavy (non-hydrogen) atoms. The molecule has 0 bridgehead atoms. The minimum absolute atomic E-state index is 0.0953. The largest absolute Gasteiger partial charge is 0.492 e. The van der Waals surface area contributed by atoms with Crippen molar-refractivity contribution in [3.63, 3.8) is 0 Å². The Morgan fingerprint density at radius 1 is 1.11 bits per heavy atom. The molecule has 1 unspecified atom stereocenters. The lowest BCUT2D eigenvalue weighted by atomic mass is 10.1. The highest BCUT2D eigenvalue weighted by molar-refractivity contribution is 6.13. The second-order valence-electron chi connectivity index (χ2n) is 8.56. The van der Waals surface area contributed by atoms with Crippen molar-refractivity contribution in [1.29, 1.82) is 0 Å². The van der Waals surface area contributed by atoms with Crippen molar-refractivity contribution >= 4 is 39.8 Å². The van der Waals surface area contributed by atoms with E-state index in [-0.39, 0.29) is 23.7 Å². The number of nitrogens with zero attached hydrogens (tertiary/aromatic N) is 3. The lowest BCUT2D eigenvalue weighted by molar-refractivity contribution is -0.129. The highest BCUT2D eigenvalue weighted by Crippen LogP contribution is 2.34. The van der Waals surface area contributed by atoms with Crippen LogP contribution in [0.2, 0.25) is 0 Å². The summed E-state index contributed by atoms with van der Waals surface area (Å²) >= 11 is 0. The molecule has 1 atom stereocenters. The van der Waals surface area contributed by atoms with Crippen LogP contribution in [0.3, 0.4) is 0 Å². The van der Waals surface area contributed by atoms with E-state index < -0.39 is 29.4 Å². The number of anilines is 3. The van der Waals surface area contributed by atoms with Crippen molar-refractivity contribution in [2.75, 3.05) is 29.1 Å². The summed E-state index contributed by atoms with van der Waals surface area (Å²) in [6.45, 7) is 2.58. The van der Waals surface area contributed by atoms with Crippen LogP contribution in [0.25, 0.3) is 10.9 Å². The van der Waals surface area contributed by atoms with Gasteiger partial charge in [-0.3, -0.25) is 9.59 Å². The van der Waals surface area contributed by atoms with E-state index in [1.165, 1.54) is 47.6 Å². The number of nitrogens with two attached hydrogens (primary N) is 1. The van der Waals surface area contributed by atoms with Gasteiger partial charge in [-0.25, -0.2) is 18.7 Å². The van der Waals surface area contributed by atoms with E-state index >= 15 is 0 Å². The maximum Gasteiger partial charge on any atom is 0.239 e. The van der Waals surface area contributed by atoms with Crippen molar-refractivity contribution in [2.45, 2.75) is 13.3 Å². The second kappa shape index (κ2) is 10.3. The number of hydrogen-bond donors (Lipinski definition) is 2. The average Bonchev–Trinajstić information content (AvgIpc) is 3.28. The van der Waals surface area contributed by atoms with Crippen molar-refractivity contribution in [2.24, 2.45) is 5.92 Å². The zero-order valence-electron chi connectivity index (χ0n) is 20.3. The first kappa shape index (κ1) is 24.9. The highest BCUT2D eigenvalue weighted by Gasteiger charge is 2.37. The Kier molecular flexibility index (Phi) is 6.73. The number of amides is 2. The van der Waals surface area contributed by atoms with Crippen molar-refractivity contribution in [3.05, 3.63) is 72.6 Å². The first-order chi connectivity index (χ1) is 18.3. The number of carbonyl (C=O) groups is 2. The van der Waals surface area contributed by atoms with Crippen LogP contribution in [0.15, 0.2) is 60.9 Å². The third-order valence-corrected chi connectivity index (χ3v) is 6.10. The van der Waals surface area contributed by atoms with Gasteiger partial charge in [0.25, 0.3) is 0 Å². The number of rotatable bonds is 7. The molecule has 1 aliphatic heterocycles. The van der Waals surface area contributed by atoms with Crippen LogP contribution in [0, 0.1) is 17.6 Å². The fraction of sp³-hybridized carbons (Fsp3) is 0.185. The number of carbonyl (C=O) groups excluding carboxylic acids is 2. The summed E-state index contributed by atoms with van der Waals surface area (Å²) in [7, 11) is 0. The standard InChI is InChI=1S/C27H23F2N5O4/c1-2-37-24-13-22-19(12-21(24)30)26(32-14-31-22)38-23-8-5-16(11-20(23)29)33-25(35)18-9-10-34(27(18)36)17-6-3-15(28)4-7-17/h3-8,11-14,18H,2,9-10,30H2,1H3,(H,33,35). The first-order valence-corrected chi connectivity index (χ1v) is 11.9. The Morgan fingerprint density at radius 3 is 2.63 bits per heavy atom. The van der Waals surface area contributed by atoms with Crippen molar-refractivity contribution in [3.8, 4) is 17.4 Å². The normalized spacial score (nSPS) is 15.1. The van der Waals surface area contributed by atoms with Gasteiger partial charge in [0.2, 0.25) is 17.7 Å². The van der Waals surface area contributed by atoms with Gasteiger partial charge in [0.15, 0.2) is 11.6 Å². The molecule has 3 N–H and O–H groups in total. The minimum Gasteiger partial charge on any atom is -0.492 e. The summed E-state index contributed by atoms with van der Waals surface area (Å²) in [5.74, 6) is -2.65. The lowest BCUT2D eigenvalue weighted by Crippen LogP contribution is -2.33. The molecular weight excluding hydrogens is 496 g/mol. The minimum atomic E-state index is -0.946. The van der Waals surface area contributed by atoms with Crippen LogP contribution in [-0.4, -0.2) is 34.9 Å². The maximum atomic E-state index is 14.9. The summed E-state index contributed by atoms with van der Waals surface area (Å²) in [5, 5.41) is 3.05. The predicted molar refractivity (Wildman–Crippen MR) is 137 cm³/mol. The molecule has 1 aliphatic rings. The van der Waals surface area contributed by atoms with Gasteiger partial charge in [0.05, 0.1) is 23.2 Å². The van der Waals surface area contributed by atoms with Crippen LogP contribution in [0.5, 0.6) is 17.4 Å². The molecule has 2 amide bonds. The van der Waals surface area contributed by atoms with E-state index in [9.17, 15) is 18.4 Å². The van der Waals surface area contributed by atoms with Gasteiger partial charge in [-0.1, -0.05) is 0 Å². The van der Waals surface area contributed by atoms with E-state index in [0.717, 1.165) is 6.07 Å². The molecule has 194 valence electrons. The summed E-state index contributed by atoms with van der Waals surface area (Å²) in [6, 6.07) is 12.6. The van der Waals surface area contributed by atoms with Gasteiger partial charge in [0, 0.05) is 30.1 Å². The Balaban J connectivity index is 1.29. The van der Waals surface area contributed by atoms with E-state index in [1.807, 2.05) is 6.92 Å². The SMILES string of the molecule is CCOc1cc2ncnc(Oc3ccc(NC(=O)C4CCN(c5ccc(F)cc5)C4=O)cc3F)c2cc1N. The molecule has 1 fully saturated rings. The zero-order valence-corrected chi connectivity index (χ0v) is 20.3. The fourth-order valence-electron chi connectivity index (χ4n) is 4.23. The van der Waals surface area contributed by atoms with Crippen molar-refractivity contribution in [1.82, 2.24) is 9.97 Å². The van der Waals surface area contributed by atoms with Crippen LogP contribution >= 0.6 is 0 Å². The first-order valence-electron chi connectivity index (χ1n) is 11.9. The molecule has 1 saturated heterocycles. The number of halogens is 2. The van der Waals surface area contributed by atoms with Crippen LogP contribution in [-0.2, 0) is 9.59 Å². The molecule has 0 aliphatic carbocycles. The Labute approximate surface area is 216 Å². The number of ether oxygens (including phenoxy) is 2. The van der Waals surface area contributed by atoms with Gasteiger partial charge in [-0.2, -0.15) is 0 Å². The van der Waals surface area contributed by atoms with E-state index in [4.69, 9.17) is 15.2 Å². The number of nitrogens with one attached hydrogen (secondary N) is 1. The number of hydrogen-bond acceptors (Lipinski definition) is 7. The van der Waals surface area contributed by atoms with Crippen molar-refractivity contribution < 1.29 is 27.8 Å². The van der Waals surface area contributed by atoms with E-state index in [0.29, 0.717) is 41.2 Å². The Bertz CT molecular complexity index is 1530. The third kappa shape index (κ3) is 4.90. The van der Waals surface area contributed by atoms with Gasteiger partial charge >= 0.3 is 0 Å². The number of aromatic nitrogens is 2. The van der Waals surface area contributed by atoms with E-state index in [2.05, 4.69) is 15.3 Å². The molecule has 3 aromatic carbocycles. The average molecular weight is 520 g/mol. The third-order valence-electron chi connectivity index (χ3n) is 6.10. The Hall–Kier alpha value is -4.80. The molecule has 5 rings (SSSR count). The smallest absolute Gasteiger partial charge is 0.239 e. The number of nitrogen functional groups attached to an aromatic ring is 1. The van der Waals surface area contributed by atoms with Crippen LogP contribution < -0.4 is 25.4 Å². The summed E-state index contributed by atoms with van der Waals surface area (Å²) in [4.78, 5) is 35.3. The molecule has 1 aromatic heterocycles. The number of fused-ring (bicyclic) bond motifs is 1. The number of benzene rings is 3. The van der Waals surface area contributed by atoms with Gasteiger partial charge < -0.3 is 25.4 Å². The van der Waals surface area contributed by atoms with Gasteiger partial charge in [0.1, 0.15) is 23.8 Å². The molecule has 2 heterocycles. The molecule has 0 spiro atoms. The molecule has 11 heteroatoms. The van der Waals surface area contributed by atoms with E-state index in [1.54, 1.807) is 12.1 Å². The lowest BCUT2D eigenvalue weighted by Gasteiger charge is -2.17. The summed E-state index contributed by atoms with van der Waals surface area (Å²) < 4.78 is 39.3. The molecule has 0 radical (unpaired) electrons. The van der Waals surface area contributed by atoms with Gasteiger partial charge in [-0.05, 0) is 55.8 Å². The molecule has 9 nitrogen and oxygen atoms in total. The summed E-state index contributed by atoms with van der Waals surface area (Å²) in [5.41, 5.74) is 7.58. The zero-order chi connectivity index (χ0) is 26.8. The second-order valence-corrected chi connectivity index (χ2v) is 8.56. The highest BCUT2D eigenvalue weighted by atomic mass is 19.1. The maximum absolute atomic E-state index is 14.9. The predicted octanol–water partition coefficient (Wildman–Crippen LogP) is 4.67. The monoisotopic (exact) mass is 519 g/mol. The fourth-order valence-corrected chi connectivity index (χ4v) is 4.23. The summed E-state index contributed by atoms with van der Waals surface area (Å²) in [6.07, 6.45) is 1.56. The molecular formula is C27H23F2N5O4. The molecule has 4 aromatic rings. The van der Waals surface area contributed by atoms with Crippen LogP contribution in [0.4, 0.5) is 25.8 Å². The van der Waals surface area contributed by atoms with Gasteiger partial charge in [-0.15, -0.1) is 0 Å². The Morgan fingerprint density at radius 2 is 1.89 bits per heavy atom.